The molecule has 2 aliphatic rings. The van der Waals surface area contributed by atoms with E-state index in [0.29, 0.717) is 5.41 Å². The molecule has 2 saturated heterocycles. The highest BCUT2D eigenvalue weighted by Crippen LogP contribution is 2.39. The zero-order valence-corrected chi connectivity index (χ0v) is 15.1. The normalized spacial score (nSPS) is 26.3. The van der Waals surface area contributed by atoms with Crippen LogP contribution in [0.5, 0.6) is 5.75 Å². The molecule has 2 fully saturated rings. The topological polar surface area (TPSA) is 15.7 Å². The highest BCUT2D eigenvalue weighted by atomic mass is 16.5. The van der Waals surface area contributed by atoms with Gasteiger partial charge in [-0.1, -0.05) is 26.0 Å². The van der Waals surface area contributed by atoms with Gasteiger partial charge in [0, 0.05) is 26.2 Å². The first-order valence-corrected chi connectivity index (χ1v) is 9.16. The van der Waals surface area contributed by atoms with Gasteiger partial charge in [0.05, 0.1) is 7.11 Å². The van der Waals surface area contributed by atoms with Crippen molar-refractivity contribution in [3.8, 4) is 5.75 Å². The summed E-state index contributed by atoms with van der Waals surface area (Å²) < 4.78 is 5.25. The molecule has 2 aliphatic heterocycles. The van der Waals surface area contributed by atoms with Gasteiger partial charge in [-0.3, -0.25) is 4.90 Å². The van der Waals surface area contributed by atoms with Gasteiger partial charge in [0.15, 0.2) is 0 Å². The van der Waals surface area contributed by atoms with Crippen molar-refractivity contribution in [3.63, 3.8) is 0 Å². The molecule has 0 radical (unpaired) electrons. The van der Waals surface area contributed by atoms with Crippen LogP contribution in [0.3, 0.4) is 0 Å². The molecular formula is C20H32N2O. The third kappa shape index (κ3) is 4.27. The molecule has 0 bridgehead atoms. The highest BCUT2D eigenvalue weighted by Gasteiger charge is 2.41. The maximum Gasteiger partial charge on any atom is 0.118 e. The van der Waals surface area contributed by atoms with Crippen LogP contribution in [0.25, 0.3) is 0 Å². The minimum absolute atomic E-state index is 0.555. The Morgan fingerprint density at radius 2 is 1.78 bits per heavy atom. The molecule has 3 nitrogen and oxygen atoms in total. The summed E-state index contributed by atoms with van der Waals surface area (Å²) in [4.78, 5) is 5.37. The van der Waals surface area contributed by atoms with Crippen LogP contribution in [0.4, 0.5) is 0 Å². The zero-order valence-electron chi connectivity index (χ0n) is 15.1. The Kier molecular flexibility index (Phi) is 5.27. The van der Waals surface area contributed by atoms with Gasteiger partial charge in [-0.05, 0) is 61.4 Å². The largest absolute Gasteiger partial charge is 0.497 e. The predicted molar refractivity (Wildman–Crippen MR) is 95.8 cm³/mol. The van der Waals surface area contributed by atoms with Gasteiger partial charge in [0.2, 0.25) is 0 Å². The Hall–Kier alpha value is -1.06. The van der Waals surface area contributed by atoms with E-state index in [4.69, 9.17) is 4.74 Å². The first-order valence-electron chi connectivity index (χ1n) is 9.16. The van der Waals surface area contributed by atoms with Gasteiger partial charge < -0.3 is 9.64 Å². The molecule has 2 heterocycles. The van der Waals surface area contributed by atoms with Crippen molar-refractivity contribution in [2.45, 2.75) is 39.7 Å². The van der Waals surface area contributed by atoms with E-state index >= 15 is 0 Å². The predicted octanol–water partition coefficient (Wildman–Crippen LogP) is 3.64. The quantitative estimate of drug-likeness (QED) is 0.825. The van der Waals surface area contributed by atoms with Crippen LogP contribution < -0.4 is 4.74 Å². The summed E-state index contributed by atoms with van der Waals surface area (Å²) in [5.74, 6) is 1.73. The molecule has 1 aromatic rings. The minimum atomic E-state index is 0.555. The van der Waals surface area contributed by atoms with Crippen LogP contribution in [-0.4, -0.2) is 49.6 Å². The number of hydrogen-bond acceptors (Lipinski definition) is 3. The maximum atomic E-state index is 5.25. The number of ether oxygens (including phenoxy) is 1. The Labute approximate surface area is 141 Å². The third-order valence-electron chi connectivity index (χ3n) is 5.45. The smallest absolute Gasteiger partial charge is 0.118 e. The first-order chi connectivity index (χ1) is 11.1. The van der Waals surface area contributed by atoms with Gasteiger partial charge in [0.25, 0.3) is 0 Å². The molecule has 0 aromatic heterocycles. The second-order valence-corrected chi connectivity index (χ2v) is 8.04. The molecule has 0 N–H and O–H groups in total. The zero-order chi connectivity index (χ0) is 16.3. The maximum absolute atomic E-state index is 5.25. The molecule has 1 aromatic carbocycles. The molecule has 0 unspecified atom stereocenters. The molecule has 0 saturated carbocycles. The number of nitrogens with zero attached hydrogens (tertiary/aromatic N) is 2. The van der Waals surface area contributed by atoms with E-state index in [2.05, 4.69) is 47.9 Å². The fraction of sp³-hybridized carbons (Fsp3) is 0.700. The van der Waals surface area contributed by atoms with Crippen molar-refractivity contribution in [3.05, 3.63) is 29.8 Å². The van der Waals surface area contributed by atoms with E-state index in [1.807, 2.05) is 0 Å². The van der Waals surface area contributed by atoms with Gasteiger partial charge in [-0.25, -0.2) is 0 Å². The van der Waals surface area contributed by atoms with Gasteiger partial charge in [0.1, 0.15) is 5.75 Å². The van der Waals surface area contributed by atoms with E-state index in [9.17, 15) is 0 Å². The van der Waals surface area contributed by atoms with Crippen LogP contribution in [0, 0.1) is 11.3 Å². The number of methoxy groups -OCH3 is 1. The molecule has 0 aliphatic carbocycles. The Bertz CT molecular complexity index is 499. The standard InChI is InChI=1S/C20H32N2O/c1-17(2)13-21-11-4-9-20(15-21)10-12-22(16-20)14-18-5-7-19(23-3)8-6-18/h5-8,17H,4,9-16H2,1-3H3/t20-/m1/s1. The van der Waals surface area contributed by atoms with Crippen LogP contribution in [0.15, 0.2) is 24.3 Å². The van der Waals surface area contributed by atoms with Crippen molar-refractivity contribution < 1.29 is 4.74 Å². The number of benzene rings is 1. The Morgan fingerprint density at radius 3 is 2.48 bits per heavy atom. The van der Waals surface area contributed by atoms with Crippen LogP contribution in [-0.2, 0) is 6.54 Å². The van der Waals surface area contributed by atoms with Crippen molar-refractivity contribution in [2.75, 3.05) is 39.8 Å². The van der Waals surface area contributed by atoms with Gasteiger partial charge >= 0.3 is 0 Å². The number of piperidine rings is 1. The van der Waals surface area contributed by atoms with E-state index in [-0.39, 0.29) is 0 Å². The van der Waals surface area contributed by atoms with Crippen LogP contribution in [0.2, 0.25) is 0 Å². The lowest BCUT2D eigenvalue weighted by atomic mass is 9.79. The molecule has 3 heteroatoms. The minimum Gasteiger partial charge on any atom is -0.497 e. The van der Waals surface area contributed by atoms with E-state index in [0.717, 1.165) is 18.2 Å². The van der Waals surface area contributed by atoms with E-state index in [1.165, 1.54) is 57.5 Å². The first kappa shape index (κ1) is 16.8. The summed E-state index contributed by atoms with van der Waals surface area (Å²) in [6.07, 6.45) is 4.17. The fourth-order valence-electron chi connectivity index (χ4n) is 4.47. The molecular weight excluding hydrogens is 284 g/mol. The van der Waals surface area contributed by atoms with Crippen molar-refractivity contribution in [2.24, 2.45) is 11.3 Å². The van der Waals surface area contributed by atoms with Crippen molar-refractivity contribution >= 4 is 0 Å². The average Bonchev–Trinajstić information content (AvgIpc) is 2.89. The third-order valence-corrected chi connectivity index (χ3v) is 5.45. The SMILES string of the molecule is COc1ccc(CN2CC[C@@]3(CCCN(CC(C)C)C3)C2)cc1. The van der Waals surface area contributed by atoms with E-state index < -0.39 is 0 Å². The average molecular weight is 316 g/mol. The molecule has 1 atom stereocenters. The monoisotopic (exact) mass is 316 g/mol. The molecule has 1 spiro atoms. The number of rotatable bonds is 5. The lowest BCUT2D eigenvalue weighted by Crippen LogP contribution is -2.45. The summed E-state index contributed by atoms with van der Waals surface area (Å²) in [6.45, 7) is 12.2. The summed E-state index contributed by atoms with van der Waals surface area (Å²) in [7, 11) is 1.73. The summed E-state index contributed by atoms with van der Waals surface area (Å²) in [5, 5.41) is 0. The fourth-order valence-corrected chi connectivity index (χ4v) is 4.47. The van der Waals surface area contributed by atoms with Crippen molar-refractivity contribution in [1.82, 2.24) is 9.80 Å². The highest BCUT2D eigenvalue weighted by molar-refractivity contribution is 5.27. The molecule has 3 rings (SSSR count). The number of hydrogen-bond donors (Lipinski definition) is 0. The molecule has 23 heavy (non-hydrogen) atoms. The van der Waals surface area contributed by atoms with Gasteiger partial charge in [-0.2, -0.15) is 0 Å². The van der Waals surface area contributed by atoms with Gasteiger partial charge in [-0.15, -0.1) is 0 Å². The van der Waals surface area contributed by atoms with Crippen LogP contribution >= 0.6 is 0 Å². The second kappa shape index (κ2) is 7.23. The summed E-state index contributed by atoms with van der Waals surface area (Å²) in [5.41, 5.74) is 1.96. The molecule has 0 amide bonds. The molecule has 128 valence electrons. The lowest BCUT2D eigenvalue weighted by Gasteiger charge is -2.41. The lowest BCUT2D eigenvalue weighted by molar-refractivity contribution is 0.0833. The Morgan fingerprint density at radius 1 is 1.04 bits per heavy atom. The summed E-state index contributed by atoms with van der Waals surface area (Å²) in [6, 6.07) is 8.56. The second-order valence-electron chi connectivity index (χ2n) is 8.04. The Balaban J connectivity index is 1.56. The van der Waals surface area contributed by atoms with E-state index in [1.54, 1.807) is 7.11 Å². The number of likely N-dealkylation sites (tertiary alicyclic amines) is 2. The van der Waals surface area contributed by atoms with Crippen LogP contribution in [0.1, 0.15) is 38.7 Å². The summed E-state index contributed by atoms with van der Waals surface area (Å²) >= 11 is 0. The van der Waals surface area contributed by atoms with Crippen molar-refractivity contribution in [1.29, 1.82) is 0 Å².